The number of fused-ring (bicyclic) bond motifs is 1. The van der Waals surface area contributed by atoms with Crippen LogP contribution in [-0.4, -0.2) is 38.0 Å². The summed E-state index contributed by atoms with van der Waals surface area (Å²) < 4.78 is 12.8. The van der Waals surface area contributed by atoms with Crippen LogP contribution in [0.3, 0.4) is 0 Å². The highest BCUT2D eigenvalue weighted by Crippen LogP contribution is 2.20. The van der Waals surface area contributed by atoms with Crippen molar-refractivity contribution in [3.63, 3.8) is 0 Å². The first-order valence-electron chi connectivity index (χ1n) is 7.71. The van der Waals surface area contributed by atoms with Gasteiger partial charge in [-0.2, -0.15) is 0 Å². The van der Waals surface area contributed by atoms with Crippen LogP contribution in [0, 0.1) is 0 Å². The highest BCUT2D eigenvalue weighted by molar-refractivity contribution is 5.83. The lowest BCUT2D eigenvalue weighted by atomic mass is 10.1. The standard InChI is InChI=1S/C17H26N2O2/c1-3-18-14-15-6-4-7-17-16(15)8-10-19(17)9-5-11-21-13-12-20-2/h4,6-8,10,18H,3,5,9,11-14H2,1-2H3. The van der Waals surface area contributed by atoms with Crippen LogP contribution in [0.2, 0.25) is 0 Å². The molecule has 2 rings (SSSR count). The van der Waals surface area contributed by atoms with Crippen LogP contribution >= 0.6 is 0 Å². The van der Waals surface area contributed by atoms with Crippen molar-refractivity contribution < 1.29 is 9.47 Å². The Morgan fingerprint density at radius 1 is 1.14 bits per heavy atom. The zero-order valence-electron chi connectivity index (χ0n) is 13.1. The molecule has 0 fully saturated rings. The fraction of sp³-hybridized carbons (Fsp3) is 0.529. The molecular weight excluding hydrogens is 264 g/mol. The van der Waals surface area contributed by atoms with Crippen molar-refractivity contribution in [2.75, 3.05) is 33.5 Å². The Labute approximate surface area is 127 Å². The van der Waals surface area contributed by atoms with Crippen molar-refractivity contribution in [3.8, 4) is 0 Å². The second-order valence-electron chi connectivity index (χ2n) is 5.10. The first kappa shape index (κ1) is 16.0. The summed E-state index contributed by atoms with van der Waals surface area (Å²) in [5, 5.41) is 4.74. The third-order valence-corrected chi connectivity index (χ3v) is 3.59. The molecule has 21 heavy (non-hydrogen) atoms. The number of nitrogens with zero attached hydrogens (tertiary/aromatic N) is 1. The van der Waals surface area contributed by atoms with E-state index in [1.54, 1.807) is 7.11 Å². The van der Waals surface area contributed by atoms with Gasteiger partial charge < -0.3 is 19.4 Å². The summed E-state index contributed by atoms with van der Waals surface area (Å²) in [4.78, 5) is 0. The first-order valence-corrected chi connectivity index (χ1v) is 7.71. The number of methoxy groups -OCH3 is 1. The highest BCUT2D eigenvalue weighted by atomic mass is 16.5. The van der Waals surface area contributed by atoms with Gasteiger partial charge in [0, 0.05) is 43.9 Å². The zero-order chi connectivity index (χ0) is 14.9. The van der Waals surface area contributed by atoms with Crippen LogP contribution in [0.4, 0.5) is 0 Å². The Kier molecular flexibility index (Phi) is 6.73. The van der Waals surface area contributed by atoms with E-state index >= 15 is 0 Å². The number of benzene rings is 1. The van der Waals surface area contributed by atoms with Gasteiger partial charge in [0.1, 0.15) is 0 Å². The lowest BCUT2D eigenvalue weighted by Crippen LogP contribution is -2.11. The molecule has 0 spiro atoms. The minimum absolute atomic E-state index is 0.667. The summed E-state index contributed by atoms with van der Waals surface area (Å²) in [6.45, 7) is 7.17. The van der Waals surface area contributed by atoms with Gasteiger partial charge >= 0.3 is 0 Å². The Balaban J connectivity index is 1.92. The van der Waals surface area contributed by atoms with Gasteiger partial charge in [0.15, 0.2) is 0 Å². The third kappa shape index (κ3) is 4.56. The van der Waals surface area contributed by atoms with Crippen molar-refractivity contribution in [2.45, 2.75) is 26.4 Å². The first-order chi connectivity index (χ1) is 10.4. The summed E-state index contributed by atoms with van der Waals surface area (Å²) in [6.07, 6.45) is 3.19. The normalized spacial score (nSPS) is 11.3. The molecule has 0 aliphatic rings. The van der Waals surface area contributed by atoms with Gasteiger partial charge in [-0.3, -0.25) is 0 Å². The number of aromatic nitrogens is 1. The van der Waals surface area contributed by atoms with Gasteiger partial charge in [-0.1, -0.05) is 19.1 Å². The SMILES string of the molecule is CCNCc1cccc2c1ccn2CCCOCCOC. The van der Waals surface area contributed by atoms with E-state index in [1.165, 1.54) is 16.5 Å². The van der Waals surface area contributed by atoms with Crippen LogP contribution in [0.1, 0.15) is 18.9 Å². The smallest absolute Gasteiger partial charge is 0.0700 e. The number of ether oxygens (including phenoxy) is 2. The molecule has 0 aliphatic carbocycles. The van der Waals surface area contributed by atoms with Crippen LogP contribution in [0.25, 0.3) is 10.9 Å². The Morgan fingerprint density at radius 2 is 2.05 bits per heavy atom. The lowest BCUT2D eigenvalue weighted by Gasteiger charge is -2.08. The van der Waals surface area contributed by atoms with Gasteiger partial charge in [-0.25, -0.2) is 0 Å². The van der Waals surface area contributed by atoms with Crippen LogP contribution in [-0.2, 0) is 22.6 Å². The second-order valence-corrected chi connectivity index (χ2v) is 5.10. The van der Waals surface area contributed by atoms with Crippen molar-refractivity contribution in [1.82, 2.24) is 9.88 Å². The molecule has 0 bridgehead atoms. The number of hydrogen-bond acceptors (Lipinski definition) is 3. The van der Waals surface area contributed by atoms with Crippen molar-refractivity contribution in [3.05, 3.63) is 36.0 Å². The summed E-state index contributed by atoms with van der Waals surface area (Å²) in [7, 11) is 1.69. The lowest BCUT2D eigenvalue weighted by molar-refractivity contribution is 0.0681. The van der Waals surface area contributed by atoms with Crippen LogP contribution < -0.4 is 5.32 Å². The molecule has 1 heterocycles. The summed E-state index contributed by atoms with van der Waals surface area (Å²) in [6, 6.07) is 8.74. The molecule has 0 aliphatic heterocycles. The second kappa shape index (κ2) is 8.82. The average Bonchev–Trinajstić information content (AvgIpc) is 2.92. The molecule has 2 aromatic rings. The van der Waals surface area contributed by atoms with E-state index in [1.807, 2.05) is 0 Å². The predicted molar refractivity (Wildman–Crippen MR) is 86.6 cm³/mol. The topological polar surface area (TPSA) is 35.4 Å². The summed E-state index contributed by atoms with van der Waals surface area (Å²) in [5.74, 6) is 0. The molecule has 1 N–H and O–H groups in total. The number of rotatable bonds is 10. The maximum Gasteiger partial charge on any atom is 0.0700 e. The molecule has 0 radical (unpaired) electrons. The Morgan fingerprint density at radius 3 is 2.86 bits per heavy atom. The molecule has 116 valence electrons. The molecule has 0 saturated carbocycles. The predicted octanol–water partition coefficient (Wildman–Crippen LogP) is 2.80. The average molecular weight is 290 g/mol. The van der Waals surface area contributed by atoms with Crippen molar-refractivity contribution in [2.24, 2.45) is 0 Å². The summed E-state index contributed by atoms with van der Waals surface area (Å²) in [5.41, 5.74) is 2.67. The Bertz CT molecular complexity index is 537. The van der Waals surface area contributed by atoms with Crippen molar-refractivity contribution in [1.29, 1.82) is 0 Å². The number of hydrogen-bond donors (Lipinski definition) is 1. The summed E-state index contributed by atoms with van der Waals surface area (Å²) >= 11 is 0. The van der Waals surface area contributed by atoms with E-state index in [4.69, 9.17) is 9.47 Å². The monoisotopic (exact) mass is 290 g/mol. The van der Waals surface area contributed by atoms with Gasteiger partial charge in [0.2, 0.25) is 0 Å². The van der Waals surface area contributed by atoms with Gasteiger partial charge in [0.25, 0.3) is 0 Å². The molecule has 0 atom stereocenters. The van der Waals surface area contributed by atoms with E-state index in [0.29, 0.717) is 13.2 Å². The van der Waals surface area contributed by atoms with E-state index in [2.05, 4.69) is 47.3 Å². The fourth-order valence-electron chi connectivity index (χ4n) is 2.48. The molecule has 4 nitrogen and oxygen atoms in total. The van der Waals surface area contributed by atoms with Crippen LogP contribution in [0.15, 0.2) is 30.5 Å². The third-order valence-electron chi connectivity index (χ3n) is 3.59. The highest BCUT2D eigenvalue weighted by Gasteiger charge is 2.05. The largest absolute Gasteiger partial charge is 0.382 e. The molecule has 0 unspecified atom stereocenters. The van der Waals surface area contributed by atoms with Gasteiger partial charge in [-0.05, 0) is 30.7 Å². The fourth-order valence-corrected chi connectivity index (χ4v) is 2.48. The van der Waals surface area contributed by atoms with Crippen molar-refractivity contribution >= 4 is 10.9 Å². The molecule has 4 heteroatoms. The molecule has 0 amide bonds. The Hall–Kier alpha value is -1.36. The van der Waals surface area contributed by atoms with Gasteiger partial charge in [0.05, 0.1) is 13.2 Å². The van der Waals surface area contributed by atoms with E-state index in [0.717, 1.165) is 32.7 Å². The van der Waals surface area contributed by atoms with Gasteiger partial charge in [-0.15, -0.1) is 0 Å². The zero-order valence-corrected chi connectivity index (χ0v) is 13.1. The minimum Gasteiger partial charge on any atom is -0.382 e. The van der Waals surface area contributed by atoms with E-state index in [-0.39, 0.29) is 0 Å². The number of nitrogens with one attached hydrogen (secondary N) is 1. The molecule has 0 saturated heterocycles. The van der Waals surface area contributed by atoms with Crippen LogP contribution in [0.5, 0.6) is 0 Å². The van der Waals surface area contributed by atoms with E-state index in [9.17, 15) is 0 Å². The minimum atomic E-state index is 0.667. The number of aryl methyl sites for hydroxylation is 1. The van der Waals surface area contributed by atoms with E-state index < -0.39 is 0 Å². The molecule has 1 aromatic heterocycles. The molecule has 1 aromatic carbocycles. The quantitative estimate of drug-likeness (QED) is 0.683. The maximum absolute atomic E-state index is 5.51. The maximum atomic E-state index is 5.51. The molecular formula is C17H26N2O2.